The van der Waals surface area contributed by atoms with Crippen molar-refractivity contribution < 1.29 is 33.6 Å². The molecule has 2 aliphatic heterocycles. The Labute approximate surface area is 125 Å². The first-order valence-corrected chi connectivity index (χ1v) is 6.22. The van der Waals surface area contributed by atoms with E-state index in [0.717, 1.165) is 0 Å². The zero-order valence-corrected chi connectivity index (χ0v) is 10.9. The Morgan fingerprint density at radius 1 is 0.826 bits per heavy atom. The maximum Gasteiger partial charge on any atom is 0.354 e. The third-order valence-electron chi connectivity index (χ3n) is 3.69. The highest BCUT2D eigenvalue weighted by Gasteiger charge is 2.46. The van der Waals surface area contributed by atoms with Gasteiger partial charge in [-0.2, -0.15) is 0 Å². The molecule has 0 saturated carbocycles. The summed E-state index contributed by atoms with van der Waals surface area (Å²) in [6, 6.07) is 4.04. The van der Waals surface area contributed by atoms with Gasteiger partial charge in [-0.05, 0) is 6.07 Å². The fraction of sp³-hybridized carbons (Fsp3) is 0. The molecule has 9 nitrogen and oxygen atoms in total. The van der Waals surface area contributed by atoms with Crippen LogP contribution in [0.25, 0.3) is 10.8 Å². The number of fused-ring (bicyclic) bond motifs is 4. The molecule has 9 heteroatoms. The Morgan fingerprint density at radius 3 is 2.13 bits per heavy atom. The topological polar surface area (TPSA) is 130 Å². The molecule has 0 aromatic heterocycles. The van der Waals surface area contributed by atoms with Crippen LogP contribution in [0.1, 0.15) is 41.4 Å². The Kier molecular flexibility index (Phi) is 2.26. The number of nitrogens with zero attached hydrogens (tertiary/aromatic N) is 1. The molecule has 0 radical (unpaired) electrons. The van der Waals surface area contributed by atoms with Crippen molar-refractivity contribution in [2.75, 3.05) is 0 Å². The predicted molar refractivity (Wildman–Crippen MR) is 70.1 cm³/mol. The number of hydrogen-bond donors (Lipinski definition) is 0. The Hall–Kier alpha value is -3.62. The summed E-state index contributed by atoms with van der Waals surface area (Å²) in [6.45, 7) is 0. The fourth-order valence-electron chi connectivity index (χ4n) is 2.86. The standard InChI is InChI=1S/C14H3NO8/c16-11-5-3-1-2-4-6(5)8(13(18)22-11)9-10(15(20)21)7(4)12(17)23-14(9)19/h1-3H. The van der Waals surface area contributed by atoms with E-state index < -0.39 is 51.2 Å². The van der Waals surface area contributed by atoms with Crippen molar-refractivity contribution in [2.24, 2.45) is 0 Å². The molecule has 2 bridgehead atoms. The van der Waals surface area contributed by atoms with Crippen molar-refractivity contribution in [2.45, 2.75) is 0 Å². The number of carbonyl (C=O) groups excluding carboxylic acids is 4. The molecule has 2 aromatic rings. The van der Waals surface area contributed by atoms with Gasteiger partial charge in [0.15, 0.2) is 5.56 Å². The lowest BCUT2D eigenvalue weighted by molar-refractivity contribution is -0.385. The first-order chi connectivity index (χ1) is 10.9. The Bertz CT molecular complexity index is 1020. The highest BCUT2D eigenvalue weighted by atomic mass is 16.6. The Balaban J connectivity index is 2.37. The van der Waals surface area contributed by atoms with Gasteiger partial charge >= 0.3 is 23.9 Å². The highest BCUT2D eigenvalue weighted by Crippen LogP contribution is 2.42. The summed E-state index contributed by atoms with van der Waals surface area (Å²) in [6.07, 6.45) is 0. The predicted octanol–water partition coefficient (Wildman–Crippen LogP) is 1.37. The molecule has 2 aliphatic rings. The molecule has 112 valence electrons. The van der Waals surface area contributed by atoms with Gasteiger partial charge in [0.25, 0.3) is 5.69 Å². The summed E-state index contributed by atoms with van der Waals surface area (Å²) in [5, 5.41) is 11.3. The van der Waals surface area contributed by atoms with Gasteiger partial charge < -0.3 is 9.47 Å². The zero-order chi connectivity index (χ0) is 16.5. The van der Waals surface area contributed by atoms with Crippen molar-refractivity contribution in [3.63, 3.8) is 0 Å². The first-order valence-electron chi connectivity index (χ1n) is 6.22. The average molecular weight is 313 g/mol. The normalized spacial score (nSPS) is 15.5. The number of ether oxygens (including phenoxy) is 2. The summed E-state index contributed by atoms with van der Waals surface area (Å²) >= 11 is 0. The third kappa shape index (κ3) is 1.45. The first kappa shape index (κ1) is 13.1. The van der Waals surface area contributed by atoms with E-state index in [9.17, 15) is 29.3 Å². The zero-order valence-electron chi connectivity index (χ0n) is 10.9. The van der Waals surface area contributed by atoms with Crippen molar-refractivity contribution in [3.8, 4) is 0 Å². The number of hydrogen-bond acceptors (Lipinski definition) is 8. The molecule has 0 amide bonds. The molecule has 0 fully saturated rings. The van der Waals surface area contributed by atoms with E-state index in [0.29, 0.717) is 0 Å². The summed E-state index contributed by atoms with van der Waals surface area (Å²) in [5.41, 5.74) is -2.47. The molecule has 0 unspecified atom stereocenters. The fourth-order valence-corrected chi connectivity index (χ4v) is 2.86. The van der Waals surface area contributed by atoms with E-state index in [1.165, 1.54) is 18.2 Å². The van der Waals surface area contributed by atoms with E-state index in [1.54, 1.807) is 0 Å². The lowest BCUT2D eigenvalue weighted by atomic mass is 9.87. The van der Waals surface area contributed by atoms with Crippen LogP contribution in [0.5, 0.6) is 0 Å². The quantitative estimate of drug-likeness (QED) is 0.334. The number of carbonyl (C=O) groups is 4. The number of nitro benzene ring substituents is 1. The van der Waals surface area contributed by atoms with Crippen molar-refractivity contribution in [1.82, 2.24) is 0 Å². The molecule has 2 heterocycles. The van der Waals surface area contributed by atoms with Gasteiger partial charge in [-0.25, -0.2) is 19.2 Å². The van der Waals surface area contributed by atoms with Gasteiger partial charge in [0, 0.05) is 10.8 Å². The number of benzene rings is 2. The summed E-state index contributed by atoms with van der Waals surface area (Å²) in [7, 11) is 0. The molecule has 0 N–H and O–H groups in total. The van der Waals surface area contributed by atoms with Gasteiger partial charge in [-0.1, -0.05) is 12.1 Å². The van der Waals surface area contributed by atoms with Crippen LogP contribution in [-0.4, -0.2) is 28.8 Å². The summed E-state index contributed by atoms with van der Waals surface area (Å²) < 4.78 is 9.00. The summed E-state index contributed by atoms with van der Waals surface area (Å²) in [4.78, 5) is 58.2. The van der Waals surface area contributed by atoms with E-state index in [2.05, 4.69) is 9.47 Å². The van der Waals surface area contributed by atoms with Crippen LogP contribution in [0.3, 0.4) is 0 Å². The van der Waals surface area contributed by atoms with Crippen LogP contribution in [0.15, 0.2) is 18.2 Å². The minimum atomic E-state index is -1.33. The van der Waals surface area contributed by atoms with E-state index in [4.69, 9.17) is 0 Å². The molecule has 23 heavy (non-hydrogen) atoms. The van der Waals surface area contributed by atoms with Gasteiger partial charge in [0.2, 0.25) is 0 Å². The molecule has 0 atom stereocenters. The smallest absolute Gasteiger partial charge is 0.354 e. The lowest BCUT2D eigenvalue weighted by Gasteiger charge is -2.22. The molecule has 0 aliphatic carbocycles. The minimum absolute atomic E-state index is 0.0181. The van der Waals surface area contributed by atoms with Crippen LogP contribution in [0.4, 0.5) is 5.69 Å². The van der Waals surface area contributed by atoms with Crippen LogP contribution in [0, 0.1) is 10.1 Å². The van der Waals surface area contributed by atoms with Gasteiger partial charge in [-0.15, -0.1) is 0 Å². The minimum Gasteiger partial charge on any atom is -0.386 e. The van der Waals surface area contributed by atoms with Gasteiger partial charge in [0.05, 0.1) is 16.1 Å². The van der Waals surface area contributed by atoms with Crippen molar-refractivity contribution in [1.29, 1.82) is 0 Å². The number of esters is 4. The monoisotopic (exact) mass is 313 g/mol. The van der Waals surface area contributed by atoms with Crippen LogP contribution >= 0.6 is 0 Å². The van der Waals surface area contributed by atoms with Crippen LogP contribution in [0.2, 0.25) is 0 Å². The highest BCUT2D eigenvalue weighted by molar-refractivity contribution is 6.31. The maximum atomic E-state index is 12.0. The maximum absolute atomic E-state index is 12.0. The lowest BCUT2D eigenvalue weighted by Crippen LogP contribution is -2.30. The van der Waals surface area contributed by atoms with Crippen molar-refractivity contribution in [3.05, 3.63) is 50.6 Å². The third-order valence-corrected chi connectivity index (χ3v) is 3.69. The molecular formula is C14H3NO8. The van der Waals surface area contributed by atoms with Crippen molar-refractivity contribution >= 4 is 40.3 Å². The molecule has 0 spiro atoms. The van der Waals surface area contributed by atoms with Gasteiger partial charge in [0.1, 0.15) is 5.56 Å². The second-order valence-corrected chi connectivity index (χ2v) is 4.81. The average Bonchev–Trinajstić information content (AvgIpc) is 2.49. The Morgan fingerprint density at radius 2 is 1.43 bits per heavy atom. The van der Waals surface area contributed by atoms with E-state index >= 15 is 0 Å². The number of cyclic esters (lactones) is 4. The summed E-state index contributed by atoms with van der Waals surface area (Å²) in [5.74, 6) is -4.69. The van der Waals surface area contributed by atoms with E-state index in [1.807, 2.05) is 0 Å². The second kappa shape index (κ2) is 3.97. The SMILES string of the molecule is O=C1OC(=O)c2c([N+](=O)[O-])c1c1c3c(cccc23)C(=O)OC1=O. The largest absolute Gasteiger partial charge is 0.386 e. The van der Waals surface area contributed by atoms with Crippen LogP contribution in [-0.2, 0) is 9.47 Å². The molecule has 0 saturated heterocycles. The van der Waals surface area contributed by atoms with E-state index in [-0.39, 0.29) is 16.3 Å². The van der Waals surface area contributed by atoms with Gasteiger partial charge in [-0.3, -0.25) is 10.1 Å². The number of nitro groups is 1. The molecule has 2 aromatic carbocycles. The molecule has 4 rings (SSSR count). The van der Waals surface area contributed by atoms with Crippen LogP contribution < -0.4 is 0 Å². The second-order valence-electron chi connectivity index (χ2n) is 4.81. The number of rotatable bonds is 1. The molecular weight excluding hydrogens is 310 g/mol.